The third kappa shape index (κ3) is 6.26. The highest BCUT2D eigenvalue weighted by Crippen LogP contribution is 2.43. The molecule has 2 unspecified atom stereocenters. The van der Waals surface area contributed by atoms with Gasteiger partial charge in [-0.1, -0.05) is 135 Å². The average Bonchev–Trinajstić information content (AvgIpc) is 2.89. The quantitative estimate of drug-likeness (QED) is 0.343. The summed E-state index contributed by atoms with van der Waals surface area (Å²) in [5.41, 5.74) is 2.45. The monoisotopic (exact) mass is 438 g/mol. The Morgan fingerprint density at radius 1 is 0.545 bits per heavy atom. The summed E-state index contributed by atoms with van der Waals surface area (Å²) in [6.07, 6.45) is -1.44. The van der Waals surface area contributed by atoms with E-state index in [-0.39, 0.29) is 5.78 Å². The van der Waals surface area contributed by atoms with Crippen LogP contribution in [0.5, 0.6) is 0 Å². The number of ketones is 1. The van der Waals surface area contributed by atoms with Crippen LogP contribution < -0.4 is 0 Å². The van der Waals surface area contributed by atoms with Crippen LogP contribution >= 0.6 is 0 Å². The molecule has 4 rings (SSSR count). The predicted octanol–water partition coefficient (Wildman–Crippen LogP) is 6.40. The molecule has 0 saturated heterocycles. The van der Waals surface area contributed by atoms with Crippen LogP contribution in [0.4, 0.5) is 0 Å². The topological polar surface area (TPSA) is 57.5 Å². The highest BCUT2D eigenvalue weighted by atomic mass is 16.3. The summed E-state index contributed by atoms with van der Waals surface area (Å²) in [5, 5.41) is 21.0. The largest absolute Gasteiger partial charge is 0.388 e. The molecule has 0 bridgehead atoms. The van der Waals surface area contributed by atoms with Crippen molar-refractivity contribution in [3.8, 4) is 0 Å². The first kappa shape index (κ1) is 24.1. The lowest BCUT2D eigenvalue weighted by molar-refractivity contribution is -0.0512. The first-order chi connectivity index (χ1) is 15.9. The van der Waals surface area contributed by atoms with E-state index in [2.05, 4.69) is 0 Å². The average molecular weight is 439 g/mol. The maximum atomic E-state index is 11.8. The van der Waals surface area contributed by atoms with Gasteiger partial charge in [-0.2, -0.15) is 0 Å². The zero-order valence-corrected chi connectivity index (χ0v) is 19.0. The van der Waals surface area contributed by atoms with Gasteiger partial charge < -0.3 is 10.2 Å². The number of hydrogen-bond acceptors (Lipinski definition) is 3. The maximum absolute atomic E-state index is 11.8. The third-order valence-electron chi connectivity index (χ3n) is 5.71. The van der Waals surface area contributed by atoms with E-state index in [1.807, 2.05) is 135 Å². The number of rotatable bonds is 6. The van der Waals surface area contributed by atoms with E-state index >= 15 is 0 Å². The normalized spacial score (nSPS) is 12.7. The van der Waals surface area contributed by atoms with Crippen LogP contribution in [-0.2, 0) is 0 Å². The molecule has 33 heavy (non-hydrogen) atoms. The molecule has 0 aliphatic heterocycles. The molecule has 0 amide bonds. The Balaban J connectivity index is 0.000000194. The minimum absolute atomic E-state index is 0.0752. The lowest BCUT2D eigenvalue weighted by atomic mass is 9.75. The highest BCUT2D eigenvalue weighted by Gasteiger charge is 2.37. The molecule has 0 heterocycles. The molecule has 0 saturated carbocycles. The molecule has 0 aliphatic carbocycles. The van der Waals surface area contributed by atoms with Crippen molar-refractivity contribution in [2.24, 2.45) is 5.41 Å². The van der Waals surface area contributed by atoms with E-state index in [4.69, 9.17) is 0 Å². The van der Waals surface area contributed by atoms with Crippen molar-refractivity contribution in [1.82, 2.24) is 0 Å². The molecule has 3 heteroatoms. The number of aliphatic hydroxyl groups excluding tert-OH is 2. The van der Waals surface area contributed by atoms with Crippen LogP contribution in [0.15, 0.2) is 121 Å². The molecule has 0 aliphatic rings. The van der Waals surface area contributed by atoms with Crippen molar-refractivity contribution in [1.29, 1.82) is 0 Å². The molecule has 3 nitrogen and oxygen atoms in total. The Bertz CT molecular complexity index is 1020. The Morgan fingerprint density at radius 2 is 0.818 bits per heavy atom. The van der Waals surface area contributed by atoms with Crippen LogP contribution in [0.25, 0.3) is 0 Å². The van der Waals surface area contributed by atoms with Crippen molar-refractivity contribution < 1.29 is 15.0 Å². The second kappa shape index (κ2) is 11.4. The zero-order valence-electron chi connectivity index (χ0n) is 19.0. The van der Waals surface area contributed by atoms with Crippen molar-refractivity contribution in [3.63, 3.8) is 0 Å². The minimum atomic E-state index is -0.719. The molecular weight excluding hydrogens is 408 g/mol. The van der Waals surface area contributed by atoms with Crippen LogP contribution in [0, 0.1) is 5.41 Å². The summed E-state index contributed by atoms with van der Waals surface area (Å²) in [4.78, 5) is 11.8. The number of aliphatic hydroxyl groups is 2. The summed E-state index contributed by atoms with van der Waals surface area (Å²) in [6, 6.07) is 37.5. The van der Waals surface area contributed by atoms with Gasteiger partial charge in [0, 0.05) is 16.5 Å². The van der Waals surface area contributed by atoms with Gasteiger partial charge in [-0.25, -0.2) is 0 Å². The summed E-state index contributed by atoms with van der Waals surface area (Å²) < 4.78 is 0. The van der Waals surface area contributed by atoms with E-state index in [1.54, 1.807) is 0 Å². The molecule has 2 N–H and O–H groups in total. The minimum Gasteiger partial charge on any atom is -0.388 e. The van der Waals surface area contributed by atoms with Crippen molar-refractivity contribution in [2.75, 3.05) is 0 Å². The van der Waals surface area contributed by atoms with Gasteiger partial charge >= 0.3 is 0 Å². The Morgan fingerprint density at radius 3 is 1.12 bits per heavy atom. The van der Waals surface area contributed by atoms with Gasteiger partial charge in [-0.05, 0) is 11.1 Å². The van der Waals surface area contributed by atoms with Crippen LogP contribution in [0.3, 0.4) is 0 Å². The lowest BCUT2D eigenvalue weighted by Gasteiger charge is -2.35. The van der Waals surface area contributed by atoms with E-state index in [1.165, 1.54) is 0 Å². The van der Waals surface area contributed by atoms with Crippen molar-refractivity contribution in [3.05, 3.63) is 144 Å². The highest BCUT2D eigenvalue weighted by molar-refractivity contribution is 6.08. The fourth-order valence-electron chi connectivity index (χ4n) is 3.63. The molecule has 0 spiro atoms. The molecule has 168 valence electrons. The molecule has 2 atom stereocenters. The van der Waals surface area contributed by atoms with Gasteiger partial charge in [-0.3, -0.25) is 4.79 Å². The Labute approximate surface area is 196 Å². The number of benzene rings is 4. The Kier molecular flexibility index (Phi) is 8.31. The number of carbonyl (C=O) groups excluding carboxylic acids is 1. The predicted molar refractivity (Wildman–Crippen MR) is 133 cm³/mol. The van der Waals surface area contributed by atoms with E-state index in [9.17, 15) is 15.0 Å². The summed E-state index contributed by atoms with van der Waals surface area (Å²) in [7, 11) is 0. The fourth-order valence-corrected chi connectivity index (χ4v) is 3.63. The fraction of sp³-hybridized carbons (Fsp3) is 0.167. The second-order valence-corrected chi connectivity index (χ2v) is 8.51. The summed E-state index contributed by atoms with van der Waals surface area (Å²) >= 11 is 0. The second-order valence-electron chi connectivity index (χ2n) is 8.51. The van der Waals surface area contributed by atoms with E-state index in [0.29, 0.717) is 0 Å². The van der Waals surface area contributed by atoms with Gasteiger partial charge in [0.1, 0.15) is 0 Å². The van der Waals surface area contributed by atoms with Gasteiger partial charge in [0.05, 0.1) is 12.2 Å². The summed E-state index contributed by atoms with van der Waals surface area (Å²) in [5.74, 6) is 0.0752. The smallest absolute Gasteiger partial charge is 0.193 e. The van der Waals surface area contributed by atoms with Crippen molar-refractivity contribution in [2.45, 2.75) is 26.1 Å². The first-order valence-corrected chi connectivity index (χ1v) is 11.0. The first-order valence-electron chi connectivity index (χ1n) is 11.0. The lowest BCUT2D eigenvalue weighted by Crippen LogP contribution is -2.29. The van der Waals surface area contributed by atoms with Gasteiger partial charge in [0.15, 0.2) is 5.78 Å². The zero-order chi connectivity index (χ0) is 23.7. The number of hydrogen-bond donors (Lipinski definition) is 2. The number of carbonyl (C=O) groups is 1. The third-order valence-corrected chi connectivity index (χ3v) is 5.71. The Hall–Kier alpha value is -3.53. The van der Waals surface area contributed by atoms with Crippen LogP contribution in [-0.4, -0.2) is 16.0 Å². The molecular formula is C30H30O3. The maximum Gasteiger partial charge on any atom is 0.193 e. The van der Waals surface area contributed by atoms with Gasteiger partial charge in [0.25, 0.3) is 0 Å². The SMILES string of the molecule is CC(C)(C(O)c1ccccc1)C(O)c1ccccc1.O=C(c1ccccc1)c1ccccc1. The van der Waals surface area contributed by atoms with Gasteiger partial charge in [0.2, 0.25) is 0 Å². The summed E-state index contributed by atoms with van der Waals surface area (Å²) in [6.45, 7) is 3.75. The standard InChI is InChI=1S/C17H20O2.C13H10O/c1-17(2,15(18)13-9-5-3-6-10-13)16(19)14-11-7-4-8-12-14;14-13(11-7-3-1-4-8-11)12-9-5-2-6-10-12/h3-12,15-16,18-19H,1-2H3;1-10H. The van der Waals surface area contributed by atoms with Crippen LogP contribution in [0.1, 0.15) is 53.1 Å². The molecule has 4 aromatic rings. The molecule has 0 radical (unpaired) electrons. The molecule has 0 aromatic heterocycles. The molecule has 4 aromatic carbocycles. The van der Waals surface area contributed by atoms with E-state index < -0.39 is 17.6 Å². The van der Waals surface area contributed by atoms with E-state index in [0.717, 1.165) is 22.3 Å². The van der Waals surface area contributed by atoms with Crippen LogP contribution in [0.2, 0.25) is 0 Å². The molecule has 0 fully saturated rings. The van der Waals surface area contributed by atoms with Crippen molar-refractivity contribution >= 4 is 5.78 Å². The van der Waals surface area contributed by atoms with Gasteiger partial charge in [-0.15, -0.1) is 0 Å².